The number of fused-ring (bicyclic) bond motifs is 1. The Kier molecular flexibility index (Phi) is 4.28. The molecule has 1 aromatic carbocycles. The Morgan fingerprint density at radius 1 is 1.24 bits per heavy atom. The molecule has 1 aromatic rings. The van der Waals surface area contributed by atoms with E-state index in [1.807, 2.05) is 0 Å². The first-order valence-corrected chi connectivity index (χ1v) is 8.79. The van der Waals surface area contributed by atoms with E-state index in [1.165, 1.54) is 29.2 Å². The molecule has 12 heteroatoms. The number of nitrogens with zero attached hydrogens (tertiary/aromatic N) is 4. The van der Waals surface area contributed by atoms with Crippen molar-refractivity contribution >= 4 is 17.5 Å². The fraction of sp³-hybridized carbons (Fsp3) is 0.529. The molecule has 156 valence electrons. The molecule has 29 heavy (non-hydrogen) atoms. The van der Waals surface area contributed by atoms with Crippen molar-refractivity contribution in [3.63, 3.8) is 0 Å². The number of hydrogen-bond acceptors (Lipinski definition) is 5. The maximum absolute atomic E-state index is 13.9. The first kappa shape index (κ1) is 19.5. The third kappa shape index (κ3) is 3.40. The van der Waals surface area contributed by atoms with Crippen LogP contribution in [0.4, 0.5) is 27.6 Å². The molecule has 0 aliphatic carbocycles. The molecule has 0 aromatic heterocycles. The Balaban J connectivity index is 1.43. The summed E-state index contributed by atoms with van der Waals surface area (Å²) in [6, 6.07) is 5.56. The van der Waals surface area contributed by atoms with Crippen LogP contribution in [0.25, 0.3) is 0 Å². The standard InChI is InChI=1S/C17H15F5N4O3/c18-16(19)14(28)26(11-3-1-2-4-12(11)29-16)9-13(27)25-6-5-10(8-25)7-15(23-24-15)17(20,21)22/h1-4,10H,5-9H2. The van der Waals surface area contributed by atoms with E-state index in [9.17, 15) is 31.5 Å². The minimum atomic E-state index is -4.58. The van der Waals surface area contributed by atoms with Gasteiger partial charge in [0.1, 0.15) is 6.54 Å². The maximum atomic E-state index is 13.9. The lowest BCUT2D eigenvalue weighted by atomic mass is 9.96. The van der Waals surface area contributed by atoms with Crippen molar-refractivity contribution in [3.05, 3.63) is 24.3 Å². The number of benzene rings is 1. The molecular weight excluding hydrogens is 403 g/mol. The van der Waals surface area contributed by atoms with Crippen LogP contribution in [0.2, 0.25) is 0 Å². The van der Waals surface area contributed by atoms with Crippen LogP contribution in [0.1, 0.15) is 12.8 Å². The number of alkyl halides is 5. The topological polar surface area (TPSA) is 74.6 Å². The van der Waals surface area contributed by atoms with Crippen molar-refractivity contribution in [2.75, 3.05) is 24.5 Å². The number of para-hydroxylation sites is 2. The fourth-order valence-corrected chi connectivity index (χ4v) is 3.61. The van der Waals surface area contributed by atoms with Crippen LogP contribution in [0.5, 0.6) is 5.75 Å². The van der Waals surface area contributed by atoms with Gasteiger partial charge in [0.2, 0.25) is 5.91 Å². The van der Waals surface area contributed by atoms with Crippen molar-refractivity contribution < 1.29 is 36.3 Å². The van der Waals surface area contributed by atoms with Gasteiger partial charge in [-0.15, -0.1) is 10.2 Å². The molecule has 1 atom stereocenters. The van der Waals surface area contributed by atoms with Gasteiger partial charge in [-0.05, 0) is 24.5 Å². The monoisotopic (exact) mass is 418 g/mol. The van der Waals surface area contributed by atoms with Gasteiger partial charge >= 0.3 is 18.2 Å². The Hall–Kier alpha value is -2.79. The number of ether oxygens (including phenoxy) is 1. The highest BCUT2D eigenvalue weighted by Gasteiger charge is 2.64. The summed E-state index contributed by atoms with van der Waals surface area (Å²) >= 11 is 0. The average molecular weight is 418 g/mol. The SMILES string of the molecule is O=C(CN1C(=O)C(F)(F)Oc2ccccc21)N1CCC(CC2(C(F)(F)F)N=N2)C1. The summed E-state index contributed by atoms with van der Waals surface area (Å²) in [7, 11) is 0. The summed E-state index contributed by atoms with van der Waals surface area (Å²) in [4.78, 5) is 26.5. The van der Waals surface area contributed by atoms with Crippen LogP contribution in [0.15, 0.2) is 34.5 Å². The summed E-state index contributed by atoms with van der Waals surface area (Å²) in [6.45, 7) is -0.493. The smallest absolute Gasteiger partial charge is 0.423 e. The summed E-state index contributed by atoms with van der Waals surface area (Å²) < 4.78 is 71.0. The predicted octanol–water partition coefficient (Wildman–Crippen LogP) is 2.97. The third-order valence-corrected chi connectivity index (χ3v) is 5.19. The summed E-state index contributed by atoms with van der Waals surface area (Å²) in [6.07, 6.45) is -8.76. The first-order valence-electron chi connectivity index (χ1n) is 8.79. The zero-order valence-corrected chi connectivity index (χ0v) is 14.8. The van der Waals surface area contributed by atoms with Gasteiger partial charge in [0, 0.05) is 19.5 Å². The summed E-state index contributed by atoms with van der Waals surface area (Å²) in [5, 5.41) is 6.26. The Morgan fingerprint density at radius 2 is 1.93 bits per heavy atom. The van der Waals surface area contributed by atoms with Crippen LogP contribution >= 0.6 is 0 Å². The molecule has 0 radical (unpaired) electrons. The molecule has 1 fully saturated rings. The summed E-state index contributed by atoms with van der Waals surface area (Å²) in [5.41, 5.74) is -2.36. The van der Waals surface area contributed by atoms with E-state index >= 15 is 0 Å². The third-order valence-electron chi connectivity index (χ3n) is 5.19. The quantitative estimate of drug-likeness (QED) is 0.706. The zero-order valence-electron chi connectivity index (χ0n) is 14.8. The minimum absolute atomic E-state index is 0.0122. The van der Waals surface area contributed by atoms with Gasteiger partial charge in [-0.2, -0.15) is 22.0 Å². The van der Waals surface area contributed by atoms with Gasteiger partial charge < -0.3 is 9.64 Å². The van der Waals surface area contributed by atoms with Crippen molar-refractivity contribution in [2.24, 2.45) is 16.1 Å². The lowest BCUT2D eigenvalue weighted by Crippen LogP contribution is -2.53. The van der Waals surface area contributed by atoms with Gasteiger partial charge in [-0.25, -0.2) is 0 Å². The van der Waals surface area contributed by atoms with E-state index in [0.717, 1.165) is 0 Å². The number of hydrogen-bond donors (Lipinski definition) is 0. The lowest BCUT2D eigenvalue weighted by molar-refractivity contribution is -0.193. The molecule has 0 bridgehead atoms. The van der Waals surface area contributed by atoms with E-state index < -0.39 is 42.2 Å². The van der Waals surface area contributed by atoms with E-state index in [1.54, 1.807) is 0 Å². The highest BCUT2D eigenvalue weighted by molar-refractivity contribution is 6.04. The van der Waals surface area contributed by atoms with Crippen molar-refractivity contribution in [3.8, 4) is 5.75 Å². The zero-order chi connectivity index (χ0) is 21.0. The van der Waals surface area contributed by atoms with Crippen LogP contribution in [-0.2, 0) is 9.59 Å². The first-order chi connectivity index (χ1) is 13.5. The van der Waals surface area contributed by atoms with Crippen molar-refractivity contribution in [2.45, 2.75) is 30.8 Å². The van der Waals surface area contributed by atoms with Crippen LogP contribution in [0.3, 0.4) is 0 Å². The normalized spacial score (nSPS) is 24.3. The van der Waals surface area contributed by atoms with Crippen molar-refractivity contribution in [1.82, 2.24) is 4.90 Å². The second-order valence-electron chi connectivity index (χ2n) is 7.19. The number of carbonyl (C=O) groups is 2. The summed E-state index contributed by atoms with van der Waals surface area (Å²) in [5.74, 6) is -3.04. The molecule has 3 heterocycles. The highest BCUT2D eigenvalue weighted by Crippen LogP contribution is 2.49. The number of anilines is 1. The maximum Gasteiger partial charge on any atom is 0.482 e. The van der Waals surface area contributed by atoms with E-state index in [4.69, 9.17) is 0 Å². The molecular formula is C17H15F5N4O3. The van der Waals surface area contributed by atoms with Crippen LogP contribution in [-0.4, -0.2) is 54.3 Å². The van der Waals surface area contributed by atoms with Crippen LogP contribution < -0.4 is 9.64 Å². The molecule has 1 unspecified atom stereocenters. The van der Waals surface area contributed by atoms with E-state index in [-0.39, 0.29) is 30.9 Å². The van der Waals surface area contributed by atoms with Crippen LogP contribution in [0, 0.1) is 5.92 Å². The highest BCUT2D eigenvalue weighted by atomic mass is 19.4. The Labute approximate surface area is 161 Å². The lowest BCUT2D eigenvalue weighted by Gasteiger charge is -2.33. The number of likely N-dealkylation sites (tertiary alicyclic amines) is 1. The molecule has 3 aliphatic heterocycles. The van der Waals surface area contributed by atoms with Crippen molar-refractivity contribution in [1.29, 1.82) is 0 Å². The number of halogens is 5. The molecule has 0 N–H and O–H groups in total. The van der Waals surface area contributed by atoms with Gasteiger partial charge in [-0.1, -0.05) is 12.1 Å². The molecule has 3 aliphatic rings. The molecule has 0 saturated carbocycles. The second kappa shape index (κ2) is 6.36. The number of rotatable bonds is 4. The van der Waals surface area contributed by atoms with Gasteiger partial charge in [-0.3, -0.25) is 14.5 Å². The molecule has 2 amide bonds. The minimum Gasteiger partial charge on any atom is -0.423 e. The second-order valence-corrected chi connectivity index (χ2v) is 7.19. The molecule has 1 saturated heterocycles. The molecule has 7 nitrogen and oxygen atoms in total. The number of carbonyl (C=O) groups excluding carboxylic acids is 2. The predicted molar refractivity (Wildman–Crippen MR) is 87.3 cm³/mol. The average Bonchev–Trinajstić information content (AvgIpc) is 3.28. The van der Waals surface area contributed by atoms with E-state index in [2.05, 4.69) is 15.0 Å². The van der Waals surface area contributed by atoms with Gasteiger partial charge in [0.15, 0.2) is 5.75 Å². The Bertz CT molecular complexity index is 882. The molecule has 4 rings (SSSR count). The van der Waals surface area contributed by atoms with E-state index in [0.29, 0.717) is 11.3 Å². The number of amides is 2. The fourth-order valence-electron chi connectivity index (χ4n) is 3.61. The van der Waals surface area contributed by atoms with Gasteiger partial charge in [0.05, 0.1) is 5.69 Å². The Morgan fingerprint density at radius 3 is 2.59 bits per heavy atom. The largest absolute Gasteiger partial charge is 0.482 e. The van der Waals surface area contributed by atoms with Gasteiger partial charge in [0.25, 0.3) is 5.66 Å². The molecule has 0 spiro atoms.